The molecule has 1 aromatic rings. The van der Waals surface area contributed by atoms with Crippen LogP contribution in [0.15, 0.2) is 24.3 Å². The van der Waals surface area contributed by atoms with Gasteiger partial charge in [0.25, 0.3) is 0 Å². The average Bonchev–Trinajstić information content (AvgIpc) is 2.23. The number of benzene rings is 1. The molecule has 0 amide bonds. The van der Waals surface area contributed by atoms with Crippen LogP contribution < -0.4 is 0 Å². The van der Waals surface area contributed by atoms with Crippen molar-refractivity contribution in [2.75, 3.05) is 13.1 Å². The molecule has 0 bridgehead atoms. The van der Waals surface area contributed by atoms with Crippen LogP contribution in [0.4, 0.5) is 4.39 Å². The summed E-state index contributed by atoms with van der Waals surface area (Å²) in [5.41, 5.74) is 1.22. The first-order chi connectivity index (χ1) is 6.84. The molecule has 1 nitrogen and oxygen atoms in total. The van der Waals surface area contributed by atoms with Gasteiger partial charge in [-0.25, -0.2) is 4.39 Å². The van der Waals surface area contributed by atoms with Crippen molar-refractivity contribution in [1.82, 2.24) is 4.90 Å². The molecular weight excluding hydrogens is 213 g/mol. The lowest BCUT2D eigenvalue weighted by Crippen LogP contribution is -2.29. The highest BCUT2D eigenvalue weighted by molar-refractivity contribution is 5.85. The quantitative estimate of drug-likeness (QED) is 0.753. The fourth-order valence-corrected chi connectivity index (χ4v) is 1.97. The smallest absolute Gasteiger partial charge is 0.123 e. The van der Waals surface area contributed by atoms with Crippen LogP contribution in [0.3, 0.4) is 0 Å². The van der Waals surface area contributed by atoms with Crippen molar-refractivity contribution in [3.8, 4) is 0 Å². The molecule has 0 unspecified atom stereocenters. The lowest BCUT2D eigenvalue weighted by molar-refractivity contribution is 0.221. The normalized spacial score (nSPS) is 17.1. The number of rotatable bonds is 2. The molecule has 0 atom stereocenters. The van der Waals surface area contributed by atoms with E-state index in [0.29, 0.717) is 0 Å². The number of hydrogen-bond acceptors (Lipinski definition) is 1. The summed E-state index contributed by atoms with van der Waals surface area (Å²) in [4.78, 5) is 2.44. The van der Waals surface area contributed by atoms with E-state index in [-0.39, 0.29) is 18.2 Å². The van der Waals surface area contributed by atoms with Gasteiger partial charge in [-0.2, -0.15) is 0 Å². The van der Waals surface area contributed by atoms with Crippen LogP contribution in [-0.2, 0) is 6.54 Å². The Balaban J connectivity index is 0.00000112. The third kappa shape index (κ3) is 3.80. The molecule has 1 aromatic carbocycles. The predicted octanol–water partition coefficient (Wildman–Crippen LogP) is 3.23. The van der Waals surface area contributed by atoms with Crippen molar-refractivity contribution in [2.45, 2.75) is 25.8 Å². The summed E-state index contributed by atoms with van der Waals surface area (Å²) in [6, 6.07) is 6.84. The van der Waals surface area contributed by atoms with Gasteiger partial charge in [0.2, 0.25) is 0 Å². The molecule has 0 saturated carbocycles. The average molecular weight is 230 g/mol. The summed E-state index contributed by atoms with van der Waals surface area (Å²) in [5.74, 6) is -0.146. The van der Waals surface area contributed by atoms with E-state index in [1.54, 1.807) is 12.1 Å². The molecule has 2 rings (SSSR count). The van der Waals surface area contributed by atoms with E-state index in [9.17, 15) is 4.39 Å². The van der Waals surface area contributed by atoms with Crippen molar-refractivity contribution in [1.29, 1.82) is 0 Å². The van der Waals surface area contributed by atoms with Crippen molar-refractivity contribution in [3.63, 3.8) is 0 Å². The Kier molecular flexibility index (Phi) is 5.06. The maximum absolute atomic E-state index is 12.7. The maximum Gasteiger partial charge on any atom is 0.123 e. The second-order valence-corrected chi connectivity index (χ2v) is 3.96. The molecule has 1 heterocycles. The Bertz CT molecular complexity index is 280. The largest absolute Gasteiger partial charge is 0.299 e. The summed E-state index contributed by atoms with van der Waals surface area (Å²) in [6.07, 6.45) is 3.97. The molecule has 1 saturated heterocycles. The molecule has 84 valence electrons. The minimum atomic E-state index is -0.146. The van der Waals surface area contributed by atoms with Gasteiger partial charge in [0.1, 0.15) is 5.82 Å². The number of likely N-dealkylation sites (tertiary alicyclic amines) is 1. The molecule has 0 spiro atoms. The fourth-order valence-electron chi connectivity index (χ4n) is 1.97. The summed E-state index contributed by atoms with van der Waals surface area (Å²) in [7, 11) is 0. The van der Waals surface area contributed by atoms with E-state index in [4.69, 9.17) is 0 Å². The van der Waals surface area contributed by atoms with Crippen LogP contribution in [0, 0.1) is 5.82 Å². The molecular formula is C12H17ClFN. The third-order valence-corrected chi connectivity index (χ3v) is 2.77. The molecule has 1 aliphatic rings. The Morgan fingerprint density at radius 2 is 1.60 bits per heavy atom. The van der Waals surface area contributed by atoms with Crippen molar-refractivity contribution in [3.05, 3.63) is 35.6 Å². The van der Waals surface area contributed by atoms with Crippen LogP contribution in [0.5, 0.6) is 0 Å². The van der Waals surface area contributed by atoms with Gasteiger partial charge < -0.3 is 0 Å². The Morgan fingerprint density at radius 1 is 1.00 bits per heavy atom. The molecule has 0 aliphatic carbocycles. The highest BCUT2D eigenvalue weighted by Gasteiger charge is 2.09. The first kappa shape index (κ1) is 12.5. The van der Waals surface area contributed by atoms with Gasteiger partial charge >= 0.3 is 0 Å². The Morgan fingerprint density at radius 3 is 2.20 bits per heavy atom. The minimum absolute atomic E-state index is 0. The van der Waals surface area contributed by atoms with Crippen LogP contribution in [0.2, 0.25) is 0 Å². The van der Waals surface area contributed by atoms with Crippen LogP contribution in [0.25, 0.3) is 0 Å². The fraction of sp³-hybridized carbons (Fsp3) is 0.500. The maximum atomic E-state index is 12.7. The number of nitrogens with zero attached hydrogens (tertiary/aromatic N) is 1. The van der Waals surface area contributed by atoms with Crippen molar-refractivity contribution < 1.29 is 4.39 Å². The first-order valence-electron chi connectivity index (χ1n) is 5.31. The number of hydrogen-bond donors (Lipinski definition) is 0. The van der Waals surface area contributed by atoms with E-state index in [2.05, 4.69) is 4.90 Å². The zero-order chi connectivity index (χ0) is 9.80. The van der Waals surface area contributed by atoms with Gasteiger partial charge in [0.15, 0.2) is 0 Å². The van der Waals surface area contributed by atoms with Gasteiger partial charge in [0.05, 0.1) is 0 Å². The second-order valence-electron chi connectivity index (χ2n) is 3.96. The minimum Gasteiger partial charge on any atom is -0.299 e. The monoisotopic (exact) mass is 229 g/mol. The van der Waals surface area contributed by atoms with Crippen LogP contribution in [0.1, 0.15) is 24.8 Å². The number of piperidine rings is 1. The summed E-state index contributed by atoms with van der Waals surface area (Å²) < 4.78 is 12.7. The van der Waals surface area contributed by atoms with E-state index >= 15 is 0 Å². The molecule has 1 fully saturated rings. The number of halogens is 2. The van der Waals surface area contributed by atoms with Crippen molar-refractivity contribution >= 4 is 12.4 Å². The van der Waals surface area contributed by atoms with Crippen molar-refractivity contribution in [2.24, 2.45) is 0 Å². The van der Waals surface area contributed by atoms with Crippen LogP contribution >= 0.6 is 12.4 Å². The van der Waals surface area contributed by atoms with E-state index < -0.39 is 0 Å². The molecule has 0 radical (unpaired) electrons. The van der Waals surface area contributed by atoms with E-state index in [0.717, 1.165) is 6.54 Å². The van der Waals surface area contributed by atoms with Gasteiger partial charge in [-0.3, -0.25) is 4.90 Å². The SMILES string of the molecule is Cl.Fc1ccc(CN2CCCCC2)cc1. The topological polar surface area (TPSA) is 3.24 Å². The molecule has 0 aromatic heterocycles. The highest BCUT2D eigenvalue weighted by atomic mass is 35.5. The molecule has 3 heteroatoms. The highest BCUT2D eigenvalue weighted by Crippen LogP contribution is 2.13. The first-order valence-corrected chi connectivity index (χ1v) is 5.31. The standard InChI is InChI=1S/C12H16FN.ClH/c13-12-6-4-11(5-7-12)10-14-8-2-1-3-9-14;/h4-7H,1-3,8-10H2;1H. The molecule has 1 aliphatic heterocycles. The molecule has 15 heavy (non-hydrogen) atoms. The van der Waals surface area contributed by atoms with Gasteiger partial charge in [-0.1, -0.05) is 18.6 Å². The summed E-state index contributed by atoms with van der Waals surface area (Å²) >= 11 is 0. The zero-order valence-electron chi connectivity index (χ0n) is 8.79. The van der Waals surface area contributed by atoms with E-state index in [1.165, 1.54) is 37.9 Å². The predicted molar refractivity (Wildman–Crippen MR) is 62.8 cm³/mol. The summed E-state index contributed by atoms with van der Waals surface area (Å²) in [5, 5.41) is 0. The van der Waals surface area contributed by atoms with Crippen LogP contribution in [-0.4, -0.2) is 18.0 Å². The second kappa shape index (κ2) is 6.09. The summed E-state index contributed by atoms with van der Waals surface area (Å²) in [6.45, 7) is 3.36. The van der Waals surface area contributed by atoms with E-state index in [1.807, 2.05) is 12.1 Å². The zero-order valence-corrected chi connectivity index (χ0v) is 9.60. The Hall–Kier alpha value is -0.600. The van der Waals surface area contributed by atoms with Gasteiger partial charge in [-0.05, 0) is 43.6 Å². The molecule has 0 N–H and O–H groups in total. The lowest BCUT2D eigenvalue weighted by atomic mass is 10.1. The lowest BCUT2D eigenvalue weighted by Gasteiger charge is -2.26. The van der Waals surface area contributed by atoms with Gasteiger partial charge in [-0.15, -0.1) is 12.4 Å². The Labute approximate surface area is 96.7 Å². The third-order valence-electron chi connectivity index (χ3n) is 2.77. The van der Waals surface area contributed by atoms with Gasteiger partial charge in [0, 0.05) is 6.54 Å².